The molecule has 0 fully saturated rings. The van der Waals surface area contributed by atoms with E-state index in [1.165, 1.54) is 0 Å². The first kappa shape index (κ1) is 17.7. The smallest absolute Gasteiger partial charge is 0.242 e. The summed E-state index contributed by atoms with van der Waals surface area (Å²) in [6.45, 7) is 4.30. The van der Waals surface area contributed by atoms with E-state index in [0.29, 0.717) is 18.0 Å². The van der Waals surface area contributed by atoms with Crippen LogP contribution in [0.3, 0.4) is 0 Å². The van der Waals surface area contributed by atoms with Gasteiger partial charge in [0.15, 0.2) is 11.5 Å². The van der Waals surface area contributed by atoms with Crippen molar-refractivity contribution in [2.24, 2.45) is 0 Å². The van der Waals surface area contributed by atoms with E-state index in [4.69, 9.17) is 9.47 Å². The van der Waals surface area contributed by atoms with E-state index in [1.807, 2.05) is 56.3 Å². The van der Waals surface area contributed by atoms with Gasteiger partial charge in [0.25, 0.3) is 0 Å². The van der Waals surface area contributed by atoms with Gasteiger partial charge in [0, 0.05) is 18.3 Å². The summed E-state index contributed by atoms with van der Waals surface area (Å²) in [4.78, 5) is 12.3. The molecule has 2 aromatic rings. The molecule has 0 aliphatic heterocycles. The lowest BCUT2D eigenvalue weighted by molar-refractivity contribution is -0.121. The van der Waals surface area contributed by atoms with Crippen molar-refractivity contribution in [3.05, 3.63) is 53.6 Å². The van der Waals surface area contributed by atoms with Crippen molar-refractivity contribution < 1.29 is 14.3 Å². The van der Waals surface area contributed by atoms with E-state index in [9.17, 15) is 4.79 Å². The zero-order chi connectivity index (χ0) is 17.5. The molecule has 2 N–H and O–H groups in total. The molecule has 0 spiro atoms. The van der Waals surface area contributed by atoms with Gasteiger partial charge < -0.3 is 20.1 Å². The molecule has 1 unspecified atom stereocenters. The average molecular weight is 328 g/mol. The fourth-order valence-electron chi connectivity index (χ4n) is 2.37. The van der Waals surface area contributed by atoms with E-state index < -0.39 is 0 Å². The summed E-state index contributed by atoms with van der Waals surface area (Å²) in [5, 5.41) is 6.16. The Morgan fingerprint density at radius 1 is 1.08 bits per heavy atom. The monoisotopic (exact) mass is 328 g/mol. The second kappa shape index (κ2) is 8.24. The van der Waals surface area contributed by atoms with Gasteiger partial charge in [-0.3, -0.25) is 4.79 Å². The van der Waals surface area contributed by atoms with Gasteiger partial charge >= 0.3 is 0 Å². The highest BCUT2D eigenvalue weighted by Gasteiger charge is 2.15. The zero-order valence-corrected chi connectivity index (χ0v) is 14.6. The first-order chi connectivity index (χ1) is 11.5. The van der Waals surface area contributed by atoms with Crippen LogP contribution in [0.15, 0.2) is 42.5 Å². The molecule has 1 amide bonds. The normalized spacial score (nSPS) is 11.5. The number of carbonyl (C=O) groups is 1. The van der Waals surface area contributed by atoms with Crippen LogP contribution in [-0.4, -0.2) is 26.2 Å². The van der Waals surface area contributed by atoms with Crippen molar-refractivity contribution in [3.8, 4) is 11.5 Å². The van der Waals surface area contributed by atoms with E-state index in [2.05, 4.69) is 10.6 Å². The Morgan fingerprint density at radius 3 is 2.33 bits per heavy atom. The third kappa shape index (κ3) is 4.41. The standard InChI is InChI=1S/C19H24N2O3/c1-13-10-17(23-3)18(24-4)11-16(13)21-14(2)19(22)20-12-15-8-6-5-7-9-15/h5-11,14,21H,12H2,1-4H3,(H,20,22). The lowest BCUT2D eigenvalue weighted by Crippen LogP contribution is -2.37. The van der Waals surface area contributed by atoms with Gasteiger partial charge in [0.2, 0.25) is 5.91 Å². The minimum absolute atomic E-state index is 0.0620. The lowest BCUT2D eigenvalue weighted by Gasteiger charge is -2.19. The zero-order valence-electron chi connectivity index (χ0n) is 14.6. The van der Waals surface area contributed by atoms with Crippen LogP contribution in [0.4, 0.5) is 5.69 Å². The predicted octanol–water partition coefficient (Wildman–Crippen LogP) is 3.13. The lowest BCUT2D eigenvalue weighted by atomic mass is 10.1. The molecule has 5 heteroatoms. The number of hydrogen-bond acceptors (Lipinski definition) is 4. The number of ether oxygens (including phenoxy) is 2. The summed E-state index contributed by atoms with van der Waals surface area (Å²) in [7, 11) is 3.19. The minimum atomic E-state index is -0.370. The van der Waals surface area contributed by atoms with Crippen LogP contribution in [-0.2, 0) is 11.3 Å². The Labute approximate surface area is 143 Å². The van der Waals surface area contributed by atoms with Crippen LogP contribution in [0.1, 0.15) is 18.1 Å². The Kier molecular flexibility index (Phi) is 6.07. The molecule has 0 aliphatic rings. The second-order valence-electron chi connectivity index (χ2n) is 5.59. The third-order valence-corrected chi connectivity index (χ3v) is 3.81. The van der Waals surface area contributed by atoms with Crippen molar-refractivity contribution in [1.29, 1.82) is 0 Å². The number of anilines is 1. The molecule has 0 radical (unpaired) electrons. The first-order valence-electron chi connectivity index (χ1n) is 7.86. The van der Waals surface area contributed by atoms with E-state index in [0.717, 1.165) is 16.8 Å². The molecule has 0 bridgehead atoms. The highest BCUT2D eigenvalue weighted by molar-refractivity contribution is 5.84. The summed E-state index contributed by atoms with van der Waals surface area (Å²) >= 11 is 0. The van der Waals surface area contributed by atoms with Crippen LogP contribution in [0, 0.1) is 6.92 Å². The van der Waals surface area contributed by atoms with Crippen LogP contribution in [0.2, 0.25) is 0 Å². The number of benzene rings is 2. The number of aryl methyl sites for hydroxylation is 1. The van der Waals surface area contributed by atoms with Gasteiger partial charge in [-0.15, -0.1) is 0 Å². The maximum absolute atomic E-state index is 12.3. The molecular formula is C19H24N2O3. The van der Waals surface area contributed by atoms with Gasteiger partial charge in [0.1, 0.15) is 6.04 Å². The Balaban J connectivity index is 2.00. The molecule has 0 heterocycles. The average Bonchev–Trinajstić information content (AvgIpc) is 2.61. The number of nitrogens with one attached hydrogen (secondary N) is 2. The molecule has 2 aromatic carbocycles. The van der Waals surface area contributed by atoms with Crippen molar-refractivity contribution in [2.75, 3.05) is 19.5 Å². The maximum atomic E-state index is 12.3. The molecule has 0 aromatic heterocycles. The molecule has 128 valence electrons. The number of methoxy groups -OCH3 is 2. The van der Waals surface area contributed by atoms with Crippen LogP contribution in [0.25, 0.3) is 0 Å². The van der Waals surface area contributed by atoms with E-state index in [-0.39, 0.29) is 11.9 Å². The second-order valence-corrected chi connectivity index (χ2v) is 5.59. The van der Waals surface area contributed by atoms with Crippen LogP contribution < -0.4 is 20.1 Å². The quantitative estimate of drug-likeness (QED) is 0.820. The molecule has 0 saturated heterocycles. The topological polar surface area (TPSA) is 59.6 Å². The highest BCUT2D eigenvalue weighted by atomic mass is 16.5. The number of hydrogen-bond donors (Lipinski definition) is 2. The van der Waals surface area contributed by atoms with Crippen LogP contribution >= 0.6 is 0 Å². The van der Waals surface area contributed by atoms with Crippen LogP contribution in [0.5, 0.6) is 11.5 Å². The molecule has 2 rings (SSSR count). The molecule has 0 aliphatic carbocycles. The van der Waals surface area contributed by atoms with Crippen molar-refractivity contribution in [3.63, 3.8) is 0 Å². The number of carbonyl (C=O) groups excluding carboxylic acids is 1. The molecule has 0 saturated carbocycles. The molecule has 24 heavy (non-hydrogen) atoms. The molecular weight excluding hydrogens is 304 g/mol. The van der Waals surface area contributed by atoms with Gasteiger partial charge in [-0.25, -0.2) is 0 Å². The summed E-state index contributed by atoms with van der Waals surface area (Å²) in [6, 6.07) is 13.2. The minimum Gasteiger partial charge on any atom is -0.493 e. The fraction of sp³-hybridized carbons (Fsp3) is 0.316. The predicted molar refractivity (Wildman–Crippen MR) is 95.7 cm³/mol. The van der Waals surface area contributed by atoms with Gasteiger partial charge in [-0.1, -0.05) is 30.3 Å². The van der Waals surface area contributed by atoms with Gasteiger partial charge in [-0.2, -0.15) is 0 Å². The summed E-state index contributed by atoms with van der Waals surface area (Å²) < 4.78 is 10.6. The van der Waals surface area contributed by atoms with Crippen molar-refractivity contribution >= 4 is 11.6 Å². The summed E-state index contributed by atoms with van der Waals surface area (Å²) in [5.41, 5.74) is 2.89. The Hall–Kier alpha value is -2.69. The fourth-order valence-corrected chi connectivity index (χ4v) is 2.37. The number of rotatable bonds is 7. The van der Waals surface area contributed by atoms with E-state index >= 15 is 0 Å². The largest absolute Gasteiger partial charge is 0.493 e. The van der Waals surface area contributed by atoms with Gasteiger partial charge in [0.05, 0.1) is 14.2 Å². The van der Waals surface area contributed by atoms with Crippen molar-refractivity contribution in [1.82, 2.24) is 5.32 Å². The van der Waals surface area contributed by atoms with Crippen molar-refractivity contribution in [2.45, 2.75) is 26.4 Å². The third-order valence-electron chi connectivity index (χ3n) is 3.81. The Bertz CT molecular complexity index is 687. The van der Waals surface area contributed by atoms with Gasteiger partial charge in [-0.05, 0) is 31.0 Å². The maximum Gasteiger partial charge on any atom is 0.242 e. The summed E-state index contributed by atoms with van der Waals surface area (Å²) in [6.07, 6.45) is 0. The van der Waals surface area contributed by atoms with E-state index in [1.54, 1.807) is 14.2 Å². The Morgan fingerprint density at radius 2 is 1.71 bits per heavy atom. The first-order valence-corrected chi connectivity index (χ1v) is 7.86. The molecule has 5 nitrogen and oxygen atoms in total. The molecule has 1 atom stereocenters. The number of amides is 1. The highest BCUT2D eigenvalue weighted by Crippen LogP contribution is 2.33. The SMILES string of the molecule is COc1cc(C)c(NC(C)C(=O)NCc2ccccc2)cc1OC. The summed E-state index contributed by atoms with van der Waals surface area (Å²) in [5.74, 6) is 1.23.